The Balaban J connectivity index is 3.04. The Morgan fingerprint density at radius 2 is 2.27 bits per heavy atom. The van der Waals surface area contributed by atoms with Crippen LogP contribution in [0.4, 0.5) is 4.39 Å². The van der Waals surface area contributed by atoms with Crippen LogP contribution in [-0.4, -0.2) is 5.78 Å². The van der Waals surface area contributed by atoms with Crippen molar-refractivity contribution in [3.05, 3.63) is 35.1 Å². The van der Waals surface area contributed by atoms with E-state index in [9.17, 15) is 9.18 Å². The fourth-order valence-corrected chi connectivity index (χ4v) is 1.23. The minimum atomic E-state index is -0.633. The highest BCUT2D eigenvalue weighted by Gasteiger charge is 2.14. The first-order valence-corrected chi connectivity index (χ1v) is 4.84. The molecular weight excluding hydrogens is 193 g/mol. The van der Waals surface area contributed by atoms with Gasteiger partial charge in [-0.15, -0.1) is 0 Å². The first kappa shape index (κ1) is 11.4. The van der Waals surface area contributed by atoms with E-state index in [0.29, 0.717) is 5.56 Å². The van der Waals surface area contributed by atoms with Crippen LogP contribution >= 0.6 is 0 Å². The zero-order valence-electron chi connectivity index (χ0n) is 8.75. The molecule has 0 heterocycles. The van der Waals surface area contributed by atoms with Gasteiger partial charge in [0, 0.05) is 11.5 Å². The van der Waals surface area contributed by atoms with Crippen molar-refractivity contribution in [2.75, 3.05) is 0 Å². The van der Waals surface area contributed by atoms with Gasteiger partial charge in [0.15, 0.2) is 5.78 Å². The average Bonchev–Trinajstić information content (AvgIpc) is 2.26. The Morgan fingerprint density at radius 1 is 1.60 bits per heavy atom. The summed E-state index contributed by atoms with van der Waals surface area (Å²) >= 11 is 0. The van der Waals surface area contributed by atoms with E-state index in [2.05, 4.69) is 0 Å². The molecule has 3 heteroatoms. The molecule has 78 valence electrons. The van der Waals surface area contributed by atoms with Gasteiger partial charge in [0.25, 0.3) is 0 Å². The monoisotopic (exact) mass is 205 g/mol. The van der Waals surface area contributed by atoms with Crippen molar-refractivity contribution in [3.63, 3.8) is 0 Å². The second-order valence-electron chi connectivity index (χ2n) is 3.48. The summed E-state index contributed by atoms with van der Waals surface area (Å²) < 4.78 is 13.2. The van der Waals surface area contributed by atoms with Crippen LogP contribution < -0.4 is 0 Å². The van der Waals surface area contributed by atoms with Gasteiger partial charge >= 0.3 is 0 Å². The molecule has 0 aliphatic carbocycles. The van der Waals surface area contributed by atoms with Gasteiger partial charge in [-0.25, -0.2) is 4.39 Å². The number of Topliss-reactive ketones (excluding diaryl/α,β-unsaturated/α-hetero) is 1. The minimum Gasteiger partial charge on any atom is -0.294 e. The van der Waals surface area contributed by atoms with Crippen molar-refractivity contribution >= 4 is 5.78 Å². The van der Waals surface area contributed by atoms with Gasteiger partial charge in [-0.1, -0.05) is 13.8 Å². The molecule has 1 atom stereocenters. The van der Waals surface area contributed by atoms with Gasteiger partial charge in [0.05, 0.1) is 5.56 Å². The molecule has 0 aliphatic rings. The highest BCUT2D eigenvalue weighted by molar-refractivity contribution is 5.97. The maximum absolute atomic E-state index is 13.2. The fraction of sp³-hybridized carbons (Fsp3) is 0.333. The van der Waals surface area contributed by atoms with Crippen LogP contribution in [0.25, 0.3) is 0 Å². The number of hydrogen-bond acceptors (Lipinski definition) is 2. The number of rotatable bonds is 3. The van der Waals surface area contributed by atoms with Crippen molar-refractivity contribution in [3.8, 4) is 6.07 Å². The Hall–Kier alpha value is -1.69. The van der Waals surface area contributed by atoms with Gasteiger partial charge in [0.1, 0.15) is 11.9 Å². The van der Waals surface area contributed by atoms with Crippen molar-refractivity contribution < 1.29 is 9.18 Å². The molecule has 0 bridgehead atoms. The molecule has 0 aliphatic heterocycles. The Bertz CT molecular complexity index is 420. The van der Waals surface area contributed by atoms with Crippen LogP contribution in [0.5, 0.6) is 0 Å². The molecule has 15 heavy (non-hydrogen) atoms. The first-order chi connectivity index (χ1) is 7.10. The van der Waals surface area contributed by atoms with Gasteiger partial charge in [-0.2, -0.15) is 5.26 Å². The minimum absolute atomic E-state index is 0.0318. The average molecular weight is 205 g/mol. The van der Waals surface area contributed by atoms with E-state index in [-0.39, 0.29) is 17.3 Å². The van der Waals surface area contributed by atoms with Crippen LogP contribution in [0.1, 0.15) is 36.2 Å². The molecule has 0 spiro atoms. The maximum Gasteiger partial charge on any atom is 0.165 e. The second-order valence-corrected chi connectivity index (χ2v) is 3.48. The fourth-order valence-electron chi connectivity index (χ4n) is 1.23. The molecule has 2 nitrogen and oxygen atoms in total. The Morgan fingerprint density at radius 3 is 2.73 bits per heavy atom. The largest absolute Gasteiger partial charge is 0.294 e. The molecule has 1 rings (SSSR count). The third-order valence-electron chi connectivity index (χ3n) is 2.43. The molecule has 0 N–H and O–H groups in total. The SMILES string of the molecule is CCC(C)C(=O)c1ccc(C#N)c(F)c1. The summed E-state index contributed by atoms with van der Waals surface area (Å²) in [6, 6.07) is 5.68. The van der Waals surface area contributed by atoms with Crippen LogP contribution in [0, 0.1) is 23.1 Å². The second kappa shape index (κ2) is 4.70. The number of carbonyl (C=O) groups is 1. The Kier molecular flexibility index (Phi) is 3.56. The van der Waals surface area contributed by atoms with Gasteiger partial charge < -0.3 is 0 Å². The number of nitriles is 1. The van der Waals surface area contributed by atoms with E-state index in [1.165, 1.54) is 12.1 Å². The number of nitrogens with zero attached hydrogens (tertiary/aromatic N) is 1. The van der Waals surface area contributed by atoms with E-state index in [4.69, 9.17) is 5.26 Å². The summed E-state index contributed by atoms with van der Waals surface area (Å²) in [4.78, 5) is 11.7. The summed E-state index contributed by atoms with van der Waals surface area (Å²) in [5.74, 6) is -0.829. The van der Waals surface area contributed by atoms with Gasteiger partial charge in [-0.3, -0.25) is 4.79 Å². The molecule has 0 amide bonds. The standard InChI is InChI=1S/C12H12FNO/c1-3-8(2)12(15)9-4-5-10(7-14)11(13)6-9/h4-6,8H,3H2,1-2H3. The number of benzene rings is 1. The summed E-state index contributed by atoms with van der Waals surface area (Å²) in [7, 11) is 0. The summed E-state index contributed by atoms with van der Waals surface area (Å²) in [6.45, 7) is 3.71. The van der Waals surface area contributed by atoms with Crippen molar-refractivity contribution in [1.29, 1.82) is 5.26 Å². The number of carbonyl (C=O) groups excluding carboxylic acids is 1. The highest BCUT2D eigenvalue weighted by Crippen LogP contribution is 2.15. The van der Waals surface area contributed by atoms with Crippen LogP contribution in [0.15, 0.2) is 18.2 Å². The lowest BCUT2D eigenvalue weighted by Gasteiger charge is -2.07. The van der Waals surface area contributed by atoms with E-state index >= 15 is 0 Å². The Labute approximate surface area is 88.3 Å². The molecule has 0 saturated heterocycles. The molecule has 0 aromatic heterocycles. The van der Waals surface area contributed by atoms with Gasteiger partial charge in [0.2, 0.25) is 0 Å². The highest BCUT2D eigenvalue weighted by atomic mass is 19.1. The van der Waals surface area contributed by atoms with E-state index in [1.807, 2.05) is 6.92 Å². The zero-order chi connectivity index (χ0) is 11.4. The van der Waals surface area contributed by atoms with Crippen molar-refractivity contribution in [2.24, 2.45) is 5.92 Å². The van der Waals surface area contributed by atoms with Crippen LogP contribution in [0.2, 0.25) is 0 Å². The summed E-state index contributed by atoms with van der Waals surface area (Å²) in [5, 5.41) is 8.53. The van der Waals surface area contributed by atoms with E-state index in [0.717, 1.165) is 12.5 Å². The predicted octanol–water partition coefficient (Wildman–Crippen LogP) is 2.93. The number of halogens is 1. The van der Waals surface area contributed by atoms with Crippen molar-refractivity contribution in [2.45, 2.75) is 20.3 Å². The van der Waals surface area contributed by atoms with Gasteiger partial charge in [-0.05, 0) is 24.6 Å². The summed E-state index contributed by atoms with van der Waals surface area (Å²) in [5.41, 5.74) is 0.302. The predicted molar refractivity (Wildman–Crippen MR) is 54.9 cm³/mol. The lowest BCUT2D eigenvalue weighted by atomic mass is 9.96. The van der Waals surface area contributed by atoms with Crippen LogP contribution in [-0.2, 0) is 0 Å². The normalized spacial score (nSPS) is 11.9. The topological polar surface area (TPSA) is 40.9 Å². The van der Waals surface area contributed by atoms with Crippen LogP contribution in [0.3, 0.4) is 0 Å². The lowest BCUT2D eigenvalue weighted by molar-refractivity contribution is 0.0927. The first-order valence-electron chi connectivity index (χ1n) is 4.84. The zero-order valence-corrected chi connectivity index (χ0v) is 8.75. The third-order valence-corrected chi connectivity index (χ3v) is 2.43. The molecule has 0 radical (unpaired) electrons. The van der Waals surface area contributed by atoms with Crippen molar-refractivity contribution in [1.82, 2.24) is 0 Å². The molecular formula is C12H12FNO. The molecule has 1 aromatic rings. The van der Waals surface area contributed by atoms with E-state index in [1.54, 1.807) is 13.0 Å². The third kappa shape index (κ3) is 2.41. The molecule has 1 aromatic carbocycles. The number of ketones is 1. The van der Waals surface area contributed by atoms with E-state index < -0.39 is 5.82 Å². The number of hydrogen-bond donors (Lipinski definition) is 0. The smallest absolute Gasteiger partial charge is 0.165 e. The quantitative estimate of drug-likeness (QED) is 0.712. The maximum atomic E-state index is 13.2. The molecule has 0 fully saturated rings. The summed E-state index contributed by atoms with van der Waals surface area (Å²) in [6.07, 6.45) is 0.723. The lowest BCUT2D eigenvalue weighted by Crippen LogP contribution is -2.10. The molecule has 0 saturated carbocycles. The molecule has 1 unspecified atom stereocenters.